The Bertz CT molecular complexity index is 1040. The van der Waals surface area contributed by atoms with Gasteiger partial charge in [-0.2, -0.15) is 0 Å². The quantitative estimate of drug-likeness (QED) is 0.578. The maximum absolute atomic E-state index is 11.5. The molecule has 148 valence electrons. The van der Waals surface area contributed by atoms with Crippen LogP contribution < -0.4 is 0 Å². The molecule has 0 spiro atoms. The number of hydrogen-bond donors (Lipinski definition) is 1. The Kier molecular flexibility index (Phi) is 6.14. The smallest absolute Gasteiger partial charge is 0.144 e. The second-order valence-corrected chi connectivity index (χ2v) is 8.63. The predicted molar refractivity (Wildman–Crippen MR) is 120 cm³/mol. The number of halogens is 1. The summed E-state index contributed by atoms with van der Waals surface area (Å²) in [5.41, 5.74) is 5.39. The molecule has 0 N–H and O–H groups in total. The average Bonchev–Trinajstić information content (AvgIpc) is 2.70. The first kappa shape index (κ1) is 19.9. The third-order valence-electron chi connectivity index (χ3n) is 5.27. The molecule has 3 nitrogen and oxygen atoms in total. The lowest BCUT2D eigenvalue weighted by Gasteiger charge is -2.42. The maximum atomic E-state index is 11.5. The van der Waals surface area contributed by atoms with Gasteiger partial charge in [0.25, 0.3) is 0 Å². The number of nitrogens with zero attached hydrogens (tertiary/aromatic N) is 1. The fourth-order valence-electron chi connectivity index (χ4n) is 3.91. The van der Waals surface area contributed by atoms with E-state index in [4.69, 9.17) is 11.6 Å². The van der Waals surface area contributed by atoms with Crippen LogP contribution >= 0.6 is 11.6 Å². The minimum Gasteiger partial charge on any atom is -0.284 e. The van der Waals surface area contributed by atoms with E-state index in [1.54, 1.807) is 6.07 Å². The Balaban J connectivity index is 1.67. The van der Waals surface area contributed by atoms with Gasteiger partial charge in [-0.15, -0.1) is 0 Å². The van der Waals surface area contributed by atoms with Crippen LogP contribution in [0.2, 0.25) is 5.02 Å². The number of benzene rings is 3. The number of rotatable bonds is 6. The Morgan fingerprint density at radius 3 is 1.97 bits per heavy atom. The summed E-state index contributed by atoms with van der Waals surface area (Å²) in [7, 11) is -2.51. The summed E-state index contributed by atoms with van der Waals surface area (Å²) in [6.07, 6.45) is 0. The predicted octanol–water partition coefficient (Wildman–Crippen LogP) is 4.81. The molecule has 5 heteroatoms. The summed E-state index contributed by atoms with van der Waals surface area (Å²) in [6, 6.07) is 28.4. The second kappa shape index (κ2) is 8.95. The maximum Gasteiger partial charge on any atom is 0.144 e. The molecule has 29 heavy (non-hydrogen) atoms. The average molecular weight is 424 g/mol. The first-order valence-corrected chi connectivity index (χ1v) is 11.3. The zero-order chi connectivity index (χ0) is 20.2. The molecule has 0 saturated carbocycles. The third kappa shape index (κ3) is 4.61. The van der Waals surface area contributed by atoms with Crippen molar-refractivity contribution in [3.8, 4) is 0 Å². The van der Waals surface area contributed by atoms with E-state index in [1.807, 2.05) is 30.3 Å². The molecule has 0 atom stereocenters. The van der Waals surface area contributed by atoms with E-state index in [9.17, 15) is 8.42 Å². The molecule has 0 bridgehead atoms. The van der Waals surface area contributed by atoms with Crippen molar-refractivity contribution >= 4 is 27.9 Å². The van der Waals surface area contributed by atoms with Gasteiger partial charge in [-0.05, 0) is 40.0 Å². The molecule has 4 rings (SSSR count). The van der Waals surface area contributed by atoms with Crippen molar-refractivity contribution in [2.45, 2.75) is 6.04 Å². The van der Waals surface area contributed by atoms with Crippen LogP contribution in [-0.4, -0.2) is 32.2 Å². The summed E-state index contributed by atoms with van der Waals surface area (Å²) in [4.78, 5) is 2.38. The SMILES string of the molecule is O=[SH](=O)CC(=C1CN(C(c2ccccc2)c2ccccc2)C1)c1cccc(Cl)c1. The Morgan fingerprint density at radius 1 is 0.862 bits per heavy atom. The van der Waals surface area contributed by atoms with Crippen LogP contribution in [0.5, 0.6) is 0 Å². The highest BCUT2D eigenvalue weighted by Gasteiger charge is 2.32. The molecule has 1 saturated heterocycles. The Morgan fingerprint density at radius 2 is 1.45 bits per heavy atom. The summed E-state index contributed by atoms with van der Waals surface area (Å²) >= 11 is 6.15. The van der Waals surface area contributed by atoms with Gasteiger partial charge in [0, 0.05) is 18.1 Å². The summed E-state index contributed by atoms with van der Waals surface area (Å²) < 4.78 is 23.1. The Labute approximate surface area is 178 Å². The van der Waals surface area contributed by atoms with Gasteiger partial charge in [-0.3, -0.25) is 4.90 Å². The molecule has 3 aromatic carbocycles. The zero-order valence-corrected chi connectivity index (χ0v) is 17.5. The lowest BCUT2D eigenvalue weighted by molar-refractivity contribution is 0.202. The normalized spacial score (nSPS) is 14.2. The molecule has 1 fully saturated rings. The summed E-state index contributed by atoms with van der Waals surface area (Å²) in [5.74, 6) is 0.0419. The first-order chi connectivity index (χ1) is 14.1. The van der Waals surface area contributed by atoms with Gasteiger partial charge in [-0.25, -0.2) is 8.42 Å². The van der Waals surface area contributed by atoms with Crippen molar-refractivity contribution in [1.82, 2.24) is 4.90 Å². The highest BCUT2D eigenvalue weighted by molar-refractivity contribution is 7.72. The van der Waals surface area contributed by atoms with Gasteiger partial charge in [0.1, 0.15) is 10.7 Å². The van der Waals surface area contributed by atoms with Crippen LogP contribution in [0, 0.1) is 0 Å². The minimum atomic E-state index is -2.51. The highest BCUT2D eigenvalue weighted by Crippen LogP contribution is 2.37. The van der Waals surface area contributed by atoms with E-state index in [-0.39, 0.29) is 11.8 Å². The molecule has 1 aliphatic heterocycles. The second-order valence-electron chi connectivity index (χ2n) is 7.21. The first-order valence-electron chi connectivity index (χ1n) is 9.54. The molecule has 3 aromatic rings. The number of hydrogen-bond acceptors (Lipinski definition) is 3. The molecule has 0 aliphatic carbocycles. The van der Waals surface area contributed by atoms with Crippen molar-refractivity contribution in [2.24, 2.45) is 0 Å². The highest BCUT2D eigenvalue weighted by atomic mass is 35.5. The Hall–Kier alpha value is -2.40. The largest absolute Gasteiger partial charge is 0.284 e. The molecule has 0 radical (unpaired) electrons. The molecular weight excluding hydrogens is 402 g/mol. The summed E-state index contributed by atoms with van der Waals surface area (Å²) in [6.45, 7) is 1.47. The molecule has 0 unspecified atom stereocenters. The van der Waals surface area contributed by atoms with E-state index in [0.29, 0.717) is 5.02 Å². The van der Waals surface area contributed by atoms with Crippen LogP contribution in [0.4, 0.5) is 0 Å². The lowest BCUT2D eigenvalue weighted by atomic mass is 9.90. The summed E-state index contributed by atoms with van der Waals surface area (Å²) in [5, 5.41) is 0.615. The molecule has 1 aliphatic rings. The number of thiol groups is 1. The van der Waals surface area contributed by atoms with Crippen LogP contribution in [0.3, 0.4) is 0 Å². The molecule has 0 amide bonds. The van der Waals surface area contributed by atoms with Gasteiger partial charge in [0.05, 0.1) is 11.8 Å². The van der Waals surface area contributed by atoms with Gasteiger partial charge >= 0.3 is 0 Å². The van der Waals surface area contributed by atoms with Gasteiger partial charge in [-0.1, -0.05) is 84.4 Å². The third-order valence-corrected chi connectivity index (χ3v) is 6.08. The van der Waals surface area contributed by atoms with Crippen molar-refractivity contribution in [2.75, 3.05) is 18.8 Å². The fraction of sp³-hybridized carbons (Fsp3) is 0.167. The van der Waals surface area contributed by atoms with Crippen LogP contribution in [0.15, 0.2) is 90.5 Å². The van der Waals surface area contributed by atoms with Crippen LogP contribution in [-0.2, 0) is 10.7 Å². The van der Waals surface area contributed by atoms with Crippen molar-refractivity contribution in [3.05, 3.63) is 112 Å². The number of likely N-dealkylation sites (tertiary alicyclic amines) is 1. The van der Waals surface area contributed by atoms with Crippen LogP contribution in [0.25, 0.3) is 5.57 Å². The van der Waals surface area contributed by atoms with Gasteiger partial charge < -0.3 is 0 Å². The van der Waals surface area contributed by atoms with Crippen LogP contribution in [0.1, 0.15) is 22.7 Å². The standard InChI is InChI=1S/C24H22ClNO2S/c25-22-13-7-12-20(14-22)23(17-29(27)28)21-15-26(16-21)24(18-8-3-1-4-9-18)19-10-5-2-6-11-19/h1-14,24,29H,15-17H2. The van der Waals surface area contributed by atoms with Crippen molar-refractivity contribution in [3.63, 3.8) is 0 Å². The van der Waals surface area contributed by atoms with E-state index in [0.717, 1.165) is 29.8 Å². The fourth-order valence-corrected chi connectivity index (χ4v) is 4.77. The topological polar surface area (TPSA) is 37.4 Å². The van der Waals surface area contributed by atoms with E-state index >= 15 is 0 Å². The van der Waals surface area contributed by atoms with Gasteiger partial charge in [0.2, 0.25) is 0 Å². The zero-order valence-electron chi connectivity index (χ0n) is 15.9. The van der Waals surface area contributed by atoms with E-state index in [2.05, 4.69) is 53.4 Å². The van der Waals surface area contributed by atoms with Crippen molar-refractivity contribution in [1.29, 1.82) is 0 Å². The molecular formula is C24H22ClNO2S. The monoisotopic (exact) mass is 423 g/mol. The minimum absolute atomic E-state index is 0.0419. The van der Waals surface area contributed by atoms with Gasteiger partial charge in [0.15, 0.2) is 0 Å². The molecule has 0 aromatic heterocycles. The molecule has 1 heterocycles. The van der Waals surface area contributed by atoms with E-state index < -0.39 is 10.7 Å². The van der Waals surface area contributed by atoms with Crippen molar-refractivity contribution < 1.29 is 8.42 Å². The lowest BCUT2D eigenvalue weighted by Crippen LogP contribution is -2.44. The van der Waals surface area contributed by atoms with E-state index in [1.165, 1.54) is 11.1 Å².